The van der Waals surface area contributed by atoms with Crippen LogP contribution in [0, 0.1) is 0 Å². The number of fused-ring (bicyclic) bond motifs is 2. The number of amides is 1. The van der Waals surface area contributed by atoms with E-state index >= 15 is 0 Å². The first kappa shape index (κ1) is 28.1. The Hall–Kier alpha value is -5.02. The molecule has 0 saturated carbocycles. The molecule has 4 aromatic rings. The molecule has 0 aromatic heterocycles. The number of carbonyl (C=O) groups excluding carboxylic acids is 2. The van der Waals surface area contributed by atoms with E-state index in [2.05, 4.69) is 27.7 Å². The highest BCUT2D eigenvalue weighted by atomic mass is 16.5. The lowest BCUT2D eigenvalue weighted by atomic mass is 9.97. The molecule has 0 unspecified atom stereocenters. The Bertz CT molecular complexity index is 1650. The van der Waals surface area contributed by atoms with Crippen LogP contribution in [-0.4, -0.2) is 59.0 Å². The summed E-state index contributed by atoms with van der Waals surface area (Å²) in [6.07, 6.45) is 0.680. The zero-order chi connectivity index (χ0) is 29.8. The predicted molar refractivity (Wildman–Crippen MR) is 166 cm³/mol. The third-order valence-corrected chi connectivity index (χ3v) is 7.68. The molecule has 43 heavy (non-hydrogen) atoms. The number of morpholine rings is 1. The van der Waals surface area contributed by atoms with Crippen molar-refractivity contribution in [2.24, 2.45) is 0 Å². The first-order chi connectivity index (χ1) is 21.0. The fourth-order valence-electron chi connectivity index (χ4n) is 5.35. The van der Waals surface area contributed by atoms with Crippen molar-refractivity contribution < 1.29 is 28.5 Å². The van der Waals surface area contributed by atoms with E-state index in [1.54, 1.807) is 25.3 Å². The van der Waals surface area contributed by atoms with E-state index in [1.165, 1.54) is 12.8 Å². The molecule has 2 heterocycles. The van der Waals surface area contributed by atoms with E-state index in [-0.39, 0.29) is 5.91 Å². The number of methoxy groups -OCH3 is 2. The number of benzene rings is 4. The second-order valence-corrected chi connectivity index (χ2v) is 10.3. The number of anilines is 4. The van der Waals surface area contributed by atoms with Gasteiger partial charge in [0.1, 0.15) is 11.5 Å². The number of ether oxygens (including phenoxy) is 4. The Morgan fingerprint density at radius 3 is 2.35 bits per heavy atom. The molecule has 1 saturated heterocycles. The fourth-order valence-corrected chi connectivity index (χ4v) is 5.35. The first-order valence-electron chi connectivity index (χ1n) is 14.2. The van der Waals surface area contributed by atoms with Crippen LogP contribution in [0.2, 0.25) is 0 Å². The van der Waals surface area contributed by atoms with Crippen molar-refractivity contribution in [1.29, 1.82) is 0 Å². The molecule has 0 aliphatic carbocycles. The lowest BCUT2D eigenvalue weighted by Crippen LogP contribution is -2.36. The highest BCUT2D eigenvalue weighted by molar-refractivity contribution is 6.12. The Labute approximate surface area is 250 Å². The third kappa shape index (κ3) is 6.12. The molecule has 1 amide bonds. The molecule has 4 aromatic carbocycles. The zero-order valence-electron chi connectivity index (χ0n) is 24.1. The van der Waals surface area contributed by atoms with Gasteiger partial charge in [-0.15, -0.1) is 0 Å². The standard InChI is InChI=1S/C34H33N3O6/c1-40-26-9-11-27(29(21-26)34(39)41-2)23-4-10-28-31(20-23)35-30-12-3-22(19-32(30)36-33(28)38)13-16-43-25-7-5-24(6-8-25)37-14-17-42-18-15-37/h3-12,19-21,35H,13-18H2,1-2H3,(H,36,38). The summed E-state index contributed by atoms with van der Waals surface area (Å²) in [6.45, 7) is 3.81. The molecule has 0 atom stereocenters. The van der Waals surface area contributed by atoms with Crippen LogP contribution in [0.1, 0.15) is 26.3 Å². The summed E-state index contributed by atoms with van der Waals surface area (Å²) < 4.78 is 21.7. The minimum absolute atomic E-state index is 0.218. The third-order valence-electron chi connectivity index (χ3n) is 7.68. The average Bonchev–Trinajstić information content (AvgIpc) is 3.19. The van der Waals surface area contributed by atoms with E-state index in [9.17, 15) is 9.59 Å². The highest BCUT2D eigenvalue weighted by Gasteiger charge is 2.22. The monoisotopic (exact) mass is 579 g/mol. The Morgan fingerprint density at radius 1 is 0.814 bits per heavy atom. The van der Waals surface area contributed by atoms with Gasteiger partial charge in [0.05, 0.1) is 62.2 Å². The van der Waals surface area contributed by atoms with Gasteiger partial charge < -0.3 is 34.5 Å². The molecular weight excluding hydrogens is 546 g/mol. The van der Waals surface area contributed by atoms with Crippen molar-refractivity contribution in [3.05, 3.63) is 95.6 Å². The van der Waals surface area contributed by atoms with Crippen LogP contribution in [-0.2, 0) is 15.9 Å². The molecule has 220 valence electrons. The number of hydrogen-bond donors (Lipinski definition) is 2. The number of rotatable bonds is 8. The maximum Gasteiger partial charge on any atom is 0.338 e. The largest absolute Gasteiger partial charge is 0.497 e. The molecule has 0 bridgehead atoms. The number of carbonyl (C=O) groups is 2. The van der Waals surface area contributed by atoms with Crippen molar-refractivity contribution in [2.45, 2.75) is 6.42 Å². The maximum atomic E-state index is 13.2. The van der Waals surface area contributed by atoms with Gasteiger partial charge in [-0.3, -0.25) is 4.79 Å². The summed E-state index contributed by atoms with van der Waals surface area (Å²) in [5.41, 5.74) is 6.62. The second-order valence-electron chi connectivity index (χ2n) is 10.3. The van der Waals surface area contributed by atoms with Crippen molar-refractivity contribution in [3.63, 3.8) is 0 Å². The number of nitrogens with zero attached hydrogens (tertiary/aromatic N) is 1. The van der Waals surface area contributed by atoms with Crippen LogP contribution in [0.3, 0.4) is 0 Å². The molecule has 1 fully saturated rings. The molecule has 2 aliphatic heterocycles. The van der Waals surface area contributed by atoms with Gasteiger partial charge in [0.15, 0.2) is 0 Å². The van der Waals surface area contributed by atoms with Gasteiger partial charge in [0.2, 0.25) is 0 Å². The molecule has 0 radical (unpaired) electrons. The van der Waals surface area contributed by atoms with Crippen LogP contribution in [0.25, 0.3) is 11.1 Å². The average molecular weight is 580 g/mol. The van der Waals surface area contributed by atoms with Crippen LogP contribution in [0.15, 0.2) is 78.9 Å². The molecule has 2 N–H and O–H groups in total. The number of esters is 1. The maximum absolute atomic E-state index is 13.2. The van der Waals surface area contributed by atoms with Gasteiger partial charge >= 0.3 is 5.97 Å². The number of hydrogen-bond acceptors (Lipinski definition) is 8. The minimum Gasteiger partial charge on any atom is -0.497 e. The van der Waals surface area contributed by atoms with E-state index < -0.39 is 5.97 Å². The smallest absolute Gasteiger partial charge is 0.338 e. The Balaban J connectivity index is 1.15. The topological polar surface area (TPSA) is 98.4 Å². The van der Waals surface area contributed by atoms with E-state index in [0.717, 1.165) is 48.9 Å². The van der Waals surface area contributed by atoms with Gasteiger partial charge in [-0.2, -0.15) is 0 Å². The van der Waals surface area contributed by atoms with Crippen LogP contribution in [0.4, 0.5) is 22.7 Å². The molecule has 0 spiro atoms. The normalized spacial score (nSPS) is 14.0. The number of nitrogens with one attached hydrogen (secondary N) is 2. The Kier molecular flexibility index (Phi) is 8.15. The van der Waals surface area contributed by atoms with Crippen LogP contribution in [0.5, 0.6) is 11.5 Å². The molecular formula is C34H33N3O6. The summed E-state index contributed by atoms with van der Waals surface area (Å²) in [7, 11) is 2.89. The van der Waals surface area contributed by atoms with Gasteiger partial charge in [-0.1, -0.05) is 12.1 Å². The van der Waals surface area contributed by atoms with E-state index in [4.69, 9.17) is 18.9 Å². The fraction of sp³-hybridized carbons (Fsp3) is 0.235. The lowest BCUT2D eigenvalue weighted by Gasteiger charge is -2.28. The summed E-state index contributed by atoms with van der Waals surface area (Å²) in [4.78, 5) is 28.0. The van der Waals surface area contributed by atoms with E-state index in [0.29, 0.717) is 46.8 Å². The SMILES string of the molecule is COC(=O)c1cc(OC)ccc1-c1ccc2c(c1)Nc1ccc(CCOc3ccc(N4CCOCC4)cc3)cc1NC2=O. The van der Waals surface area contributed by atoms with Crippen molar-refractivity contribution >= 4 is 34.6 Å². The van der Waals surface area contributed by atoms with Crippen LogP contribution < -0.4 is 25.0 Å². The summed E-state index contributed by atoms with van der Waals surface area (Å²) in [5.74, 6) is 0.680. The lowest BCUT2D eigenvalue weighted by molar-refractivity contribution is 0.0601. The van der Waals surface area contributed by atoms with Gasteiger partial charge in [0, 0.05) is 25.2 Å². The Morgan fingerprint density at radius 2 is 1.58 bits per heavy atom. The predicted octanol–water partition coefficient (Wildman–Crippen LogP) is 5.92. The molecule has 2 aliphatic rings. The quantitative estimate of drug-likeness (QED) is 0.249. The summed E-state index contributed by atoms with van der Waals surface area (Å²) >= 11 is 0. The molecule has 9 heteroatoms. The minimum atomic E-state index is -0.471. The van der Waals surface area contributed by atoms with Gasteiger partial charge in [0.25, 0.3) is 5.91 Å². The summed E-state index contributed by atoms with van der Waals surface area (Å²) in [6, 6.07) is 24.8. The summed E-state index contributed by atoms with van der Waals surface area (Å²) in [5, 5.41) is 6.43. The van der Waals surface area contributed by atoms with Crippen LogP contribution >= 0.6 is 0 Å². The van der Waals surface area contributed by atoms with Gasteiger partial charge in [-0.25, -0.2) is 4.79 Å². The zero-order valence-corrected chi connectivity index (χ0v) is 24.1. The molecule has 6 rings (SSSR count). The highest BCUT2D eigenvalue weighted by Crippen LogP contribution is 2.37. The van der Waals surface area contributed by atoms with Crippen molar-refractivity contribution in [3.8, 4) is 22.6 Å². The van der Waals surface area contributed by atoms with Gasteiger partial charge in [-0.05, 0) is 83.4 Å². The van der Waals surface area contributed by atoms with Crippen molar-refractivity contribution in [2.75, 3.05) is 62.7 Å². The second kappa shape index (κ2) is 12.5. The van der Waals surface area contributed by atoms with E-state index in [1.807, 2.05) is 48.5 Å². The first-order valence-corrected chi connectivity index (χ1v) is 14.2. The molecule has 9 nitrogen and oxygen atoms in total. The van der Waals surface area contributed by atoms with Crippen molar-refractivity contribution in [1.82, 2.24) is 0 Å².